The number of carboxylic acid groups (broad SMARTS) is 1. The number of carbonyl (C=O) groups excluding carboxylic acids is 1. The van der Waals surface area contributed by atoms with Crippen LogP contribution in [-0.4, -0.2) is 42.1 Å². The Labute approximate surface area is 133 Å². The molecule has 1 unspecified atom stereocenters. The number of nitrogens with zero attached hydrogens (tertiary/aromatic N) is 1. The fourth-order valence-electron chi connectivity index (χ4n) is 1.60. The van der Waals surface area contributed by atoms with Crippen molar-refractivity contribution in [3.63, 3.8) is 0 Å². The number of carbonyl (C=O) groups is 2. The second-order valence-corrected chi connectivity index (χ2v) is 5.50. The molecule has 0 aliphatic heterocycles. The van der Waals surface area contributed by atoms with E-state index in [1.807, 2.05) is 0 Å². The number of halogens is 2. The lowest BCUT2D eigenvalue weighted by Crippen LogP contribution is -2.34. The van der Waals surface area contributed by atoms with Crippen LogP contribution in [-0.2, 0) is 9.59 Å². The van der Waals surface area contributed by atoms with Gasteiger partial charge in [0.2, 0.25) is 5.91 Å². The summed E-state index contributed by atoms with van der Waals surface area (Å²) in [7, 11) is 1.57. The number of ether oxygens (including phenoxy) is 1. The minimum atomic E-state index is -0.929. The van der Waals surface area contributed by atoms with Gasteiger partial charge in [-0.05, 0) is 12.1 Å². The van der Waals surface area contributed by atoms with E-state index in [0.717, 1.165) is 0 Å². The summed E-state index contributed by atoms with van der Waals surface area (Å²) >= 11 is 11.6. The van der Waals surface area contributed by atoms with Gasteiger partial charge in [-0.2, -0.15) is 0 Å². The zero-order valence-corrected chi connectivity index (χ0v) is 13.3. The third-order valence-electron chi connectivity index (χ3n) is 2.87. The average molecular weight is 334 g/mol. The molecule has 21 heavy (non-hydrogen) atoms. The molecular formula is C14H17Cl2NO4. The van der Waals surface area contributed by atoms with Gasteiger partial charge in [-0.1, -0.05) is 30.1 Å². The molecule has 0 saturated heterocycles. The van der Waals surface area contributed by atoms with Crippen molar-refractivity contribution in [3.8, 4) is 5.75 Å². The molecule has 1 amide bonds. The summed E-state index contributed by atoms with van der Waals surface area (Å²) in [6.45, 7) is 1.90. The van der Waals surface area contributed by atoms with Gasteiger partial charge in [-0.25, -0.2) is 0 Å². The number of rotatable bonds is 7. The second kappa shape index (κ2) is 8.10. The van der Waals surface area contributed by atoms with Crippen molar-refractivity contribution in [2.45, 2.75) is 13.3 Å². The average Bonchev–Trinajstić information content (AvgIpc) is 2.42. The summed E-state index contributed by atoms with van der Waals surface area (Å²) in [5.41, 5.74) is 0. The molecule has 116 valence electrons. The van der Waals surface area contributed by atoms with E-state index in [1.165, 1.54) is 4.90 Å². The smallest absolute Gasteiger partial charge is 0.308 e. The van der Waals surface area contributed by atoms with Crippen molar-refractivity contribution in [2.24, 2.45) is 5.92 Å². The van der Waals surface area contributed by atoms with E-state index in [9.17, 15) is 9.59 Å². The van der Waals surface area contributed by atoms with Crippen LogP contribution < -0.4 is 4.74 Å². The van der Waals surface area contributed by atoms with Gasteiger partial charge >= 0.3 is 5.97 Å². The SMILES string of the molecule is CC(CN(C)C(=O)CCOc1ccc(Cl)c(Cl)c1)C(=O)O. The second-order valence-electron chi connectivity index (χ2n) is 4.69. The highest BCUT2D eigenvalue weighted by Gasteiger charge is 2.17. The van der Waals surface area contributed by atoms with Crippen molar-refractivity contribution in [2.75, 3.05) is 20.2 Å². The van der Waals surface area contributed by atoms with E-state index in [0.29, 0.717) is 15.8 Å². The van der Waals surface area contributed by atoms with Gasteiger partial charge < -0.3 is 14.7 Å². The van der Waals surface area contributed by atoms with E-state index in [4.69, 9.17) is 33.0 Å². The molecule has 1 atom stereocenters. The monoisotopic (exact) mass is 333 g/mol. The Morgan fingerprint density at radius 2 is 2.00 bits per heavy atom. The van der Waals surface area contributed by atoms with Crippen LogP contribution in [0.2, 0.25) is 10.0 Å². The summed E-state index contributed by atoms with van der Waals surface area (Å²) in [6.07, 6.45) is 0.156. The van der Waals surface area contributed by atoms with Gasteiger partial charge in [0, 0.05) is 19.7 Å². The molecule has 1 rings (SSSR count). The number of hydrogen-bond acceptors (Lipinski definition) is 3. The summed E-state index contributed by atoms with van der Waals surface area (Å²) in [6, 6.07) is 4.85. The molecule has 0 fully saturated rings. The molecule has 0 bridgehead atoms. The summed E-state index contributed by atoms with van der Waals surface area (Å²) in [5, 5.41) is 9.62. The zero-order valence-electron chi connectivity index (χ0n) is 11.8. The van der Waals surface area contributed by atoms with Gasteiger partial charge in [-0.3, -0.25) is 9.59 Å². The molecule has 0 aliphatic rings. The lowest BCUT2D eigenvalue weighted by Gasteiger charge is -2.19. The first kappa shape index (κ1) is 17.6. The maximum atomic E-state index is 11.8. The van der Waals surface area contributed by atoms with Crippen LogP contribution in [0.5, 0.6) is 5.75 Å². The molecule has 0 radical (unpaired) electrons. The molecule has 0 spiro atoms. The number of amides is 1. The van der Waals surface area contributed by atoms with Crippen molar-refractivity contribution < 1.29 is 19.4 Å². The van der Waals surface area contributed by atoms with Crippen LogP contribution in [0.15, 0.2) is 18.2 Å². The van der Waals surface area contributed by atoms with E-state index < -0.39 is 11.9 Å². The third kappa shape index (κ3) is 5.81. The fourth-order valence-corrected chi connectivity index (χ4v) is 1.89. The highest BCUT2D eigenvalue weighted by atomic mass is 35.5. The maximum absolute atomic E-state index is 11.8. The molecule has 7 heteroatoms. The highest BCUT2D eigenvalue weighted by molar-refractivity contribution is 6.42. The van der Waals surface area contributed by atoms with Crippen molar-refractivity contribution >= 4 is 35.1 Å². The zero-order chi connectivity index (χ0) is 16.0. The summed E-state index contributed by atoms with van der Waals surface area (Å²) < 4.78 is 5.41. The predicted octanol–water partition coefficient (Wildman–Crippen LogP) is 2.94. The Morgan fingerprint density at radius 3 is 2.57 bits per heavy atom. The minimum Gasteiger partial charge on any atom is -0.493 e. The van der Waals surface area contributed by atoms with Crippen LogP contribution in [0.25, 0.3) is 0 Å². The van der Waals surface area contributed by atoms with Gasteiger partial charge in [0.05, 0.1) is 29.0 Å². The number of hydrogen-bond donors (Lipinski definition) is 1. The minimum absolute atomic E-state index is 0.156. The topological polar surface area (TPSA) is 66.8 Å². The molecule has 0 aliphatic carbocycles. The van der Waals surface area contributed by atoms with Gasteiger partial charge in [0.15, 0.2) is 0 Å². The Morgan fingerprint density at radius 1 is 1.33 bits per heavy atom. The molecule has 1 aromatic carbocycles. The van der Waals surface area contributed by atoms with Crippen molar-refractivity contribution in [3.05, 3.63) is 28.2 Å². The van der Waals surface area contributed by atoms with Gasteiger partial charge in [-0.15, -0.1) is 0 Å². The summed E-state index contributed by atoms with van der Waals surface area (Å²) in [4.78, 5) is 23.9. The number of carboxylic acids is 1. The standard InChI is InChI=1S/C14H17Cl2NO4/c1-9(14(19)20)8-17(2)13(18)5-6-21-10-3-4-11(15)12(16)7-10/h3-4,7,9H,5-6,8H2,1-2H3,(H,19,20). The molecule has 1 aromatic rings. The number of aliphatic carboxylic acids is 1. The van der Waals surface area contributed by atoms with Gasteiger partial charge in [0.25, 0.3) is 0 Å². The molecule has 0 heterocycles. The van der Waals surface area contributed by atoms with E-state index in [-0.39, 0.29) is 25.5 Å². The molecular weight excluding hydrogens is 317 g/mol. The van der Waals surface area contributed by atoms with Gasteiger partial charge in [0.1, 0.15) is 5.75 Å². The van der Waals surface area contributed by atoms with E-state index in [2.05, 4.69) is 0 Å². The fraction of sp³-hybridized carbons (Fsp3) is 0.429. The summed E-state index contributed by atoms with van der Waals surface area (Å²) in [5.74, 6) is -1.18. The Kier molecular flexibility index (Phi) is 6.78. The van der Waals surface area contributed by atoms with Crippen molar-refractivity contribution in [1.82, 2.24) is 4.90 Å². The molecule has 1 N–H and O–H groups in total. The van der Waals surface area contributed by atoms with Crippen LogP contribution in [0, 0.1) is 5.92 Å². The van der Waals surface area contributed by atoms with Crippen LogP contribution in [0.1, 0.15) is 13.3 Å². The van der Waals surface area contributed by atoms with Crippen LogP contribution >= 0.6 is 23.2 Å². The lowest BCUT2D eigenvalue weighted by molar-refractivity contribution is -0.142. The normalized spacial score (nSPS) is 11.8. The maximum Gasteiger partial charge on any atom is 0.308 e. The molecule has 0 aromatic heterocycles. The Balaban J connectivity index is 2.39. The van der Waals surface area contributed by atoms with E-state index in [1.54, 1.807) is 32.2 Å². The van der Waals surface area contributed by atoms with Crippen molar-refractivity contribution in [1.29, 1.82) is 0 Å². The first-order chi connectivity index (χ1) is 9.81. The van der Waals surface area contributed by atoms with Crippen LogP contribution in [0.3, 0.4) is 0 Å². The first-order valence-electron chi connectivity index (χ1n) is 6.36. The molecule has 0 saturated carbocycles. The third-order valence-corrected chi connectivity index (χ3v) is 3.61. The predicted molar refractivity (Wildman–Crippen MR) is 81.0 cm³/mol. The van der Waals surface area contributed by atoms with Crippen LogP contribution in [0.4, 0.5) is 0 Å². The first-order valence-corrected chi connectivity index (χ1v) is 7.11. The lowest BCUT2D eigenvalue weighted by atomic mass is 10.2. The molecule has 5 nitrogen and oxygen atoms in total. The Bertz CT molecular complexity index is 522. The quantitative estimate of drug-likeness (QED) is 0.833. The number of benzene rings is 1. The highest BCUT2D eigenvalue weighted by Crippen LogP contribution is 2.26. The largest absolute Gasteiger partial charge is 0.493 e. The Hall–Kier alpha value is -1.46. The van der Waals surface area contributed by atoms with E-state index >= 15 is 0 Å².